The normalized spacial score (nSPS) is 12.8. The molecule has 0 unspecified atom stereocenters. The monoisotopic (exact) mass is 323 g/mol. The Bertz CT molecular complexity index is 709. The minimum absolute atomic E-state index is 0.496. The number of ether oxygens (including phenoxy) is 3. The van der Waals surface area contributed by atoms with Gasteiger partial charge in [0.2, 0.25) is 0 Å². The van der Waals surface area contributed by atoms with Crippen molar-refractivity contribution in [2.24, 2.45) is 0 Å². The molecule has 24 heavy (non-hydrogen) atoms. The van der Waals surface area contributed by atoms with Crippen LogP contribution in [0, 0.1) is 0 Å². The second kappa shape index (κ2) is 7.59. The summed E-state index contributed by atoms with van der Waals surface area (Å²) < 4.78 is 17.0. The molecule has 4 nitrogen and oxygen atoms in total. The minimum atomic E-state index is 0.496. The van der Waals surface area contributed by atoms with E-state index in [-0.39, 0.29) is 0 Å². The summed E-state index contributed by atoms with van der Waals surface area (Å²) in [5.41, 5.74) is 2.19. The van der Waals surface area contributed by atoms with E-state index in [1.54, 1.807) is 12.2 Å². The molecule has 0 aromatic heterocycles. The molecule has 0 amide bonds. The molecule has 0 saturated carbocycles. The summed E-state index contributed by atoms with van der Waals surface area (Å²) in [7, 11) is 0. The molecule has 0 bridgehead atoms. The average molecular weight is 323 g/mol. The fraction of sp³-hybridized carbons (Fsp3) is 0.200. The highest BCUT2D eigenvalue weighted by molar-refractivity contribution is 5.52. The number of rotatable bonds is 7. The van der Waals surface area contributed by atoms with Gasteiger partial charge in [-0.25, -0.2) is 0 Å². The summed E-state index contributed by atoms with van der Waals surface area (Å²) in [5, 5.41) is 0. The van der Waals surface area contributed by atoms with Crippen molar-refractivity contribution in [1.29, 1.82) is 0 Å². The third kappa shape index (κ3) is 3.71. The highest BCUT2D eigenvalue weighted by atomic mass is 16.5. The van der Waals surface area contributed by atoms with Crippen molar-refractivity contribution < 1.29 is 14.2 Å². The quantitative estimate of drug-likeness (QED) is 0.716. The van der Waals surface area contributed by atoms with Crippen molar-refractivity contribution >= 4 is 5.69 Å². The lowest BCUT2D eigenvalue weighted by atomic mass is 10.1. The summed E-state index contributed by atoms with van der Waals surface area (Å²) in [6, 6.07) is 13.9. The zero-order valence-electron chi connectivity index (χ0n) is 13.6. The zero-order valence-corrected chi connectivity index (χ0v) is 13.6. The van der Waals surface area contributed by atoms with Crippen LogP contribution in [-0.4, -0.2) is 19.9 Å². The molecule has 3 rings (SSSR count). The predicted octanol–water partition coefficient (Wildman–Crippen LogP) is 4.17. The van der Waals surface area contributed by atoms with Gasteiger partial charge in [0.05, 0.1) is 0 Å². The van der Waals surface area contributed by atoms with Gasteiger partial charge in [0.1, 0.15) is 30.5 Å². The molecular weight excluding hydrogens is 302 g/mol. The number of hydrogen-bond donors (Lipinski definition) is 0. The third-order valence-corrected chi connectivity index (χ3v) is 3.71. The molecule has 4 heteroatoms. The van der Waals surface area contributed by atoms with Crippen molar-refractivity contribution in [3.8, 4) is 17.2 Å². The molecular formula is C20H21NO3. The molecule has 2 aromatic carbocycles. The first-order valence-electron chi connectivity index (χ1n) is 7.88. The third-order valence-electron chi connectivity index (χ3n) is 3.71. The number of hydrogen-bond acceptors (Lipinski definition) is 4. The lowest BCUT2D eigenvalue weighted by Gasteiger charge is -2.31. The summed E-state index contributed by atoms with van der Waals surface area (Å²) in [6.07, 6.45) is 3.47. The Kier molecular flexibility index (Phi) is 5.06. The SMILES string of the molecule is C=CCOc1ccc(N2COc3ccc(OCC=C)cc3C2)cc1. The van der Waals surface area contributed by atoms with Crippen LogP contribution in [0.4, 0.5) is 5.69 Å². The van der Waals surface area contributed by atoms with Gasteiger partial charge < -0.3 is 19.1 Å². The molecule has 0 spiro atoms. The van der Waals surface area contributed by atoms with Crippen molar-refractivity contribution in [3.63, 3.8) is 0 Å². The van der Waals surface area contributed by atoms with Crippen LogP contribution >= 0.6 is 0 Å². The van der Waals surface area contributed by atoms with E-state index < -0.39 is 0 Å². The summed E-state index contributed by atoms with van der Waals surface area (Å²) >= 11 is 0. The van der Waals surface area contributed by atoms with E-state index in [1.807, 2.05) is 42.5 Å². The van der Waals surface area contributed by atoms with Crippen LogP contribution in [0.3, 0.4) is 0 Å². The van der Waals surface area contributed by atoms with Gasteiger partial charge in [0.15, 0.2) is 6.73 Å². The molecule has 2 aromatic rings. The van der Waals surface area contributed by atoms with Crippen LogP contribution in [0.5, 0.6) is 17.2 Å². The fourth-order valence-corrected chi connectivity index (χ4v) is 2.54. The van der Waals surface area contributed by atoms with Crippen LogP contribution < -0.4 is 19.1 Å². The smallest absolute Gasteiger partial charge is 0.161 e. The Morgan fingerprint density at radius 1 is 0.958 bits per heavy atom. The van der Waals surface area contributed by atoms with Gasteiger partial charge in [-0.2, -0.15) is 0 Å². The summed E-state index contributed by atoms with van der Waals surface area (Å²) in [4.78, 5) is 2.16. The maximum absolute atomic E-state index is 5.85. The van der Waals surface area contributed by atoms with E-state index >= 15 is 0 Å². The van der Waals surface area contributed by atoms with E-state index in [9.17, 15) is 0 Å². The van der Waals surface area contributed by atoms with Crippen LogP contribution in [0.25, 0.3) is 0 Å². The van der Waals surface area contributed by atoms with E-state index in [1.165, 1.54) is 0 Å². The number of benzene rings is 2. The van der Waals surface area contributed by atoms with Crippen LogP contribution in [0.2, 0.25) is 0 Å². The van der Waals surface area contributed by atoms with E-state index in [2.05, 4.69) is 18.1 Å². The standard InChI is InChI=1S/C20H21NO3/c1-3-11-22-18-7-5-17(6-8-18)21-14-16-13-19(23-12-4-2)9-10-20(16)24-15-21/h3-10,13H,1-2,11-12,14-15H2. The van der Waals surface area contributed by atoms with Crippen LogP contribution in [0.1, 0.15) is 5.56 Å². The van der Waals surface area contributed by atoms with E-state index in [4.69, 9.17) is 14.2 Å². The lowest BCUT2D eigenvalue weighted by molar-refractivity contribution is 0.287. The molecule has 0 fully saturated rings. The van der Waals surface area contributed by atoms with Gasteiger partial charge in [0.25, 0.3) is 0 Å². The van der Waals surface area contributed by atoms with E-state index in [0.717, 1.165) is 35.0 Å². The fourth-order valence-electron chi connectivity index (χ4n) is 2.54. The second-order valence-corrected chi connectivity index (χ2v) is 5.43. The highest BCUT2D eigenvalue weighted by Gasteiger charge is 2.18. The van der Waals surface area contributed by atoms with Crippen LogP contribution in [0.15, 0.2) is 67.8 Å². The maximum Gasteiger partial charge on any atom is 0.161 e. The Hall–Kier alpha value is -2.88. The molecule has 0 aliphatic carbocycles. The molecule has 0 N–H and O–H groups in total. The second-order valence-electron chi connectivity index (χ2n) is 5.43. The maximum atomic E-state index is 5.85. The molecule has 124 valence electrons. The molecule has 1 aliphatic rings. The molecule has 1 heterocycles. The Morgan fingerprint density at radius 2 is 1.62 bits per heavy atom. The lowest BCUT2D eigenvalue weighted by Crippen LogP contribution is -2.31. The van der Waals surface area contributed by atoms with Gasteiger partial charge >= 0.3 is 0 Å². The van der Waals surface area contributed by atoms with E-state index in [0.29, 0.717) is 19.9 Å². The van der Waals surface area contributed by atoms with Gasteiger partial charge in [-0.05, 0) is 42.5 Å². The molecule has 1 aliphatic heterocycles. The first-order chi connectivity index (χ1) is 11.8. The Morgan fingerprint density at radius 3 is 2.33 bits per heavy atom. The van der Waals surface area contributed by atoms with Gasteiger partial charge in [-0.1, -0.05) is 25.3 Å². The Labute approximate surface area is 142 Å². The topological polar surface area (TPSA) is 30.9 Å². The summed E-state index contributed by atoms with van der Waals surface area (Å²) in [5.74, 6) is 2.56. The van der Waals surface area contributed by atoms with Crippen molar-refractivity contribution in [3.05, 3.63) is 73.3 Å². The highest BCUT2D eigenvalue weighted by Crippen LogP contribution is 2.31. The first kappa shape index (κ1) is 16.0. The zero-order chi connectivity index (χ0) is 16.8. The van der Waals surface area contributed by atoms with Crippen molar-refractivity contribution in [2.45, 2.75) is 6.54 Å². The molecule has 0 saturated heterocycles. The van der Waals surface area contributed by atoms with Crippen LogP contribution in [-0.2, 0) is 6.54 Å². The van der Waals surface area contributed by atoms with Gasteiger partial charge in [0, 0.05) is 17.8 Å². The van der Waals surface area contributed by atoms with Gasteiger partial charge in [-0.15, -0.1) is 0 Å². The minimum Gasteiger partial charge on any atom is -0.490 e. The first-order valence-corrected chi connectivity index (χ1v) is 7.88. The van der Waals surface area contributed by atoms with Gasteiger partial charge in [-0.3, -0.25) is 0 Å². The van der Waals surface area contributed by atoms with Crippen molar-refractivity contribution in [2.75, 3.05) is 24.8 Å². The molecule has 0 radical (unpaired) electrons. The Balaban J connectivity index is 1.71. The average Bonchev–Trinajstić information content (AvgIpc) is 2.64. The number of nitrogens with zero attached hydrogens (tertiary/aromatic N) is 1. The van der Waals surface area contributed by atoms with Crippen molar-refractivity contribution in [1.82, 2.24) is 0 Å². The number of anilines is 1. The predicted molar refractivity (Wildman–Crippen MR) is 95.9 cm³/mol. The molecule has 0 atom stereocenters. The largest absolute Gasteiger partial charge is 0.490 e. The summed E-state index contributed by atoms with van der Waals surface area (Å²) in [6.45, 7) is 9.61. The number of fused-ring (bicyclic) bond motifs is 1.